The molecule has 0 radical (unpaired) electrons. The van der Waals surface area contributed by atoms with Gasteiger partial charge in [0.1, 0.15) is 22.5 Å². The number of rotatable bonds is 1. The molecule has 1 aromatic carbocycles. The highest BCUT2D eigenvalue weighted by Crippen LogP contribution is 2.28. The molecule has 0 atom stereocenters. The lowest BCUT2D eigenvalue weighted by atomic mass is 10.1. The van der Waals surface area contributed by atoms with Crippen LogP contribution in [-0.4, -0.2) is 4.98 Å². The van der Waals surface area contributed by atoms with Gasteiger partial charge in [-0.3, -0.25) is 0 Å². The molecule has 0 fully saturated rings. The lowest BCUT2D eigenvalue weighted by Gasteiger charge is -1.96. The number of halogens is 1. The number of benzene rings is 1. The lowest BCUT2D eigenvalue weighted by Crippen LogP contribution is -1.84. The van der Waals surface area contributed by atoms with Gasteiger partial charge in [-0.2, -0.15) is 5.26 Å². The summed E-state index contributed by atoms with van der Waals surface area (Å²) in [5, 5.41) is 9.01. The highest BCUT2D eigenvalue weighted by molar-refractivity contribution is 7.16. The van der Waals surface area contributed by atoms with E-state index < -0.39 is 30.0 Å². The van der Waals surface area contributed by atoms with Crippen LogP contribution in [0.15, 0.2) is 24.2 Å². The highest BCUT2D eigenvalue weighted by Gasteiger charge is 2.10. The van der Waals surface area contributed by atoms with Crippen LogP contribution in [0.2, 0.25) is 0 Å². The van der Waals surface area contributed by atoms with Crippen molar-refractivity contribution in [1.29, 1.82) is 5.26 Å². The molecule has 0 saturated carbocycles. The summed E-state index contributed by atoms with van der Waals surface area (Å²) in [4.78, 5) is 3.89. The molecule has 1 aromatic heterocycles. The summed E-state index contributed by atoms with van der Waals surface area (Å²) in [6.45, 7) is 0. The van der Waals surface area contributed by atoms with Crippen LogP contribution in [0.25, 0.3) is 11.3 Å². The Balaban J connectivity index is 2.87. The number of thiazole rings is 1. The SMILES string of the molecule is [2H]c1c([2H])c(-c2nc(N)sc2C#N)c([2H])c([2H])c1F. The third-order valence-electron chi connectivity index (χ3n) is 1.58. The van der Waals surface area contributed by atoms with E-state index >= 15 is 0 Å². The monoisotopic (exact) mass is 223 g/mol. The van der Waals surface area contributed by atoms with Crippen molar-refractivity contribution in [2.75, 3.05) is 5.73 Å². The normalized spacial score (nSPS) is 13.6. The number of anilines is 1. The van der Waals surface area contributed by atoms with Crippen molar-refractivity contribution in [3.8, 4) is 17.3 Å². The summed E-state index contributed by atoms with van der Waals surface area (Å²) in [6.07, 6.45) is 0. The van der Waals surface area contributed by atoms with E-state index in [0.717, 1.165) is 11.3 Å². The van der Waals surface area contributed by atoms with Gasteiger partial charge in [-0.1, -0.05) is 11.3 Å². The summed E-state index contributed by atoms with van der Waals surface area (Å²) in [5.74, 6) is -1.24. The van der Waals surface area contributed by atoms with Crippen LogP contribution in [-0.2, 0) is 0 Å². The number of hydrogen-bond donors (Lipinski definition) is 1. The molecular weight excluding hydrogens is 213 g/mol. The molecular formula is C10H6FN3S. The maximum atomic E-state index is 13.4. The summed E-state index contributed by atoms with van der Waals surface area (Å²) >= 11 is 0.865. The molecule has 0 amide bonds. The van der Waals surface area contributed by atoms with E-state index in [1.54, 1.807) is 0 Å². The van der Waals surface area contributed by atoms with Gasteiger partial charge in [-0.15, -0.1) is 0 Å². The molecule has 3 nitrogen and oxygen atoms in total. The zero-order chi connectivity index (χ0) is 14.3. The number of nitrogens with zero attached hydrogens (tertiary/aromatic N) is 2. The summed E-state index contributed by atoms with van der Waals surface area (Å²) in [5.41, 5.74) is 5.19. The van der Waals surface area contributed by atoms with E-state index in [9.17, 15) is 4.39 Å². The van der Waals surface area contributed by atoms with Crippen LogP contribution in [0, 0.1) is 17.1 Å². The molecule has 0 saturated heterocycles. The van der Waals surface area contributed by atoms with Gasteiger partial charge >= 0.3 is 0 Å². The molecule has 0 aliphatic heterocycles. The molecule has 0 spiro atoms. The smallest absolute Gasteiger partial charge is 0.181 e. The molecule has 1 heterocycles. The van der Waals surface area contributed by atoms with Gasteiger partial charge in [0.15, 0.2) is 5.13 Å². The molecule has 2 N–H and O–H groups in total. The topological polar surface area (TPSA) is 62.7 Å². The average molecular weight is 223 g/mol. The minimum atomic E-state index is -1.24. The molecule has 0 unspecified atom stereocenters. The molecule has 74 valence electrons. The van der Waals surface area contributed by atoms with Crippen molar-refractivity contribution >= 4 is 16.5 Å². The van der Waals surface area contributed by atoms with Crippen molar-refractivity contribution in [3.63, 3.8) is 0 Å². The average Bonchev–Trinajstić information content (AvgIpc) is 2.75. The maximum Gasteiger partial charge on any atom is 0.181 e. The van der Waals surface area contributed by atoms with E-state index in [2.05, 4.69) is 4.98 Å². The first-order valence-corrected chi connectivity index (χ1v) is 4.62. The minimum Gasteiger partial charge on any atom is -0.375 e. The molecule has 0 aliphatic rings. The van der Waals surface area contributed by atoms with Crippen LogP contribution in [0.3, 0.4) is 0 Å². The first-order chi connectivity index (χ1) is 8.88. The van der Waals surface area contributed by atoms with E-state index in [1.807, 2.05) is 6.07 Å². The van der Waals surface area contributed by atoms with Gasteiger partial charge < -0.3 is 5.73 Å². The Morgan fingerprint density at radius 1 is 1.47 bits per heavy atom. The first kappa shape index (κ1) is 5.83. The van der Waals surface area contributed by atoms with Gasteiger partial charge in [0.2, 0.25) is 0 Å². The van der Waals surface area contributed by atoms with Crippen molar-refractivity contribution in [2.24, 2.45) is 0 Å². The summed E-state index contributed by atoms with van der Waals surface area (Å²) in [7, 11) is 0. The van der Waals surface area contributed by atoms with E-state index in [-0.39, 0.29) is 21.3 Å². The van der Waals surface area contributed by atoms with Crippen LogP contribution in [0.5, 0.6) is 0 Å². The third kappa shape index (κ3) is 1.80. The van der Waals surface area contributed by atoms with Crippen molar-refractivity contribution in [2.45, 2.75) is 0 Å². The Morgan fingerprint density at radius 3 is 2.73 bits per heavy atom. The standard InChI is InChI=1S/C10H6FN3S/c11-7-3-1-6(2-4-7)9-8(5-12)15-10(13)14-9/h1-4H,(H2,13,14)/i1D,2D,3D,4D. The zero-order valence-corrected chi connectivity index (χ0v) is 8.07. The Kier molecular flexibility index (Phi) is 1.43. The minimum absolute atomic E-state index is 0.0537. The number of nitriles is 1. The third-order valence-corrected chi connectivity index (χ3v) is 2.37. The molecule has 15 heavy (non-hydrogen) atoms. The van der Waals surface area contributed by atoms with Crippen molar-refractivity contribution < 1.29 is 9.87 Å². The van der Waals surface area contributed by atoms with E-state index in [1.165, 1.54) is 0 Å². The zero-order valence-electron chi connectivity index (χ0n) is 11.3. The first-order valence-electron chi connectivity index (χ1n) is 5.81. The largest absolute Gasteiger partial charge is 0.375 e. The Hall–Kier alpha value is -1.93. The van der Waals surface area contributed by atoms with Crippen molar-refractivity contribution in [3.05, 3.63) is 34.9 Å². The predicted octanol–water partition coefficient (Wildman–Crippen LogP) is 2.40. The Labute approximate surface area is 95.2 Å². The van der Waals surface area contributed by atoms with Gasteiger partial charge in [-0.05, 0) is 24.2 Å². The fraction of sp³-hybridized carbons (Fsp3) is 0. The van der Waals surface area contributed by atoms with Crippen LogP contribution in [0.4, 0.5) is 9.52 Å². The molecule has 0 aliphatic carbocycles. The summed E-state index contributed by atoms with van der Waals surface area (Å²) in [6, 6.07) is -0.949. The van der Waals surface area contributed by atoms with Crippen LogP contribution in [0.1, 0.15) is 10.4 Å². The predicted molar refractivity (Wildman–Crippen MR) is 56.6 cm³/mol. The maximum absolute atomic E-state index is 13.4. The summed E-state index contributed by atoms with van der Waals surface area (Å²) < 4.78 is 43.6. The van der Waals surface area contributed by atoms with Gasteiger partial charge in [0.25, 0.3) is 0 Å². The van der Waals surface area contributed by atoms with Gasteiger partial charge in [-0.25, -0.2) is 9.37 Å². The fourth-order valence-corrected chi connectivity index (χ4v) is 1.63. The van der Waals surface area contributed by atoms with Gasteiger partial charge in [0, 0.05) is 5.56 Å². The highest BCUT2D eigenvalue weighted by atomic mass is 32.1. The second-order valence-corrected chi connectivity index (χ2v) is 3.56. The Bertz CT molecular complexity index is 694. The number of aromatic nitrogens is 1. The fourth-order valence-electron chi connectivity index (χ4n) is 0.998. The van der Waals surface area contributed by atoms with E-state index in [4.69, 9.17) is 16.5 Å². The number of nitrogen functional groups attached to an aromatic ring is 1. The molecule has 5 heteroatoms. The molecule has 0 bridgehead atoms. The number of hydrogen-bond acceptors (Lipinski definition) is 4. The van der Waals surface area contributed by atoms with Crippen LogP contribution < -0.4 is 5.73 Å². The second-order valence-electron chi connectivity index (χ2n) is 2.53. The number of nitrogens with two attached hydrogens (primary N) is 1. The quantitative estimate of drug-likeness (QED) is 0.807. The van der Waals surface area contributed by atoms with Crippen LogP contribution >= 0.6 is 11.3 Å². The molecule has 2 aromatic rings. The second kappa shape index (κ2) is 3.67. The van der Waals surface area contributed by atoms with Gasteiger partial charge in [0.05, 0.1) is 5.48 Å². The van der Waals surface area contributed by atoms with Crippen molar-refractivity contribution in [1.82, 2.24) is 4.98 Å². The Morgan fingerprint density at radius 2 is 2.13 bits per heavy atom. The molecule has 2 rings (SSSR count). The van der Waals surface area contributed by atoms with E-state index in [0.29, 0.717) is 0 Å². The lowest BCUT2D eigenvalue weighted by molar-refractivity contribution is 0.628.